The van der Waals surface area contributed by atoms with Gasteiger partial charge >= 0.3 is 5.63 Å². The maximum absolute atomic E-state index is 13.2. The first kappa shape index (κ1) is 24.4. The monoisotopic (exact) mass is 440 g/mol. The molecule has 1 amide bonds. The third kappa shape index (κ3) is 5.65. The number of nitrogens with one attached hydrogen (secondary N) is 1. The molecule has 0 bridgehead atoms. The largest absolute Gasteiger partial charge is 0.496 e. The van der Waals surface area contributed by atoms with Crippen LogP contribution in [0, 0.1) is 0 Å². The maximum Gasteiger partial charge on any atom is 0.339 e. The van der Waals surface area contributed by atoms with Crippen LogP contribution in [0.4, 0.5) is 0 Å². The van der Waals surface area contributed by atoms with Gasteiger partial charge in [0.1, 0.15) is 22.1 Å². The second-order valence-corrected chi connectivity index (χ2v) is 8.29. The molecule has 8 nitrogen and oxygen atoms in total. The van der Waals surface area contributed by atoms with Crippen LogP contribution in [0.15, 0.2) is 26.3 Å². The number of hydrogen-bond acceptors (Lipinski definition) is 8. The molecule has 0 aromatic carbocycles. The molecule has 2 heterocycles. The van der Waals surface area contributed by atoms with E-state index in [0.717, 1.165) is 6.42 Å². The molecule has 9 heteroatoms. The smallest absolute Gasteiger partial charge is 0.339 e. The van der Waals surface area contributed by atoms with Gasteiger partial charge in [-0.3, -0.25) is 9.79 Å². The summed E-state index contributed by atoms with van der Waals surface area (Å²) >= 11 is 1.45. The average Bonchev–Trinajstić information content (AvgIpc) is 3.12. The van der Waals surface area contributed by atoms with E-state index in [1.807, 2.05) is 27.7 Å². The van der Waals surface area contributed by atoms with E-state index in [-0.39, 0.29) is 5.91 Å². The third-order valence-electron chi connectivity index (χ3n) is 4.78. The first-order chi connectivity index (χ1) is 14.2. The first-order valence-electron chi connectivity index (χ1n) is 10.2. The highest BCUT2D eigenvalue weighted by atomic mass is 32.2. The average molecular weight is 441 g/mol. The fourth-order valence-corrected chi connectivity index (χ4v) is 4.47. The van der Waals surface area contributed by atoms with Crippen molar-refractivity contribution in [2.24, 2.45) is 4.99 Å². The molecule has 0 spiro atoms. The Balaban J connectivity index is 2.26. The van der Waals surface area contributed by atoms with E-state index in [1.165, 1.54) is 24.9 Å². The number of carbonyl (C=O) groups is 1. The number of aliphatic imine (C=N–C) groups is 1. The number of thioether (sulfide) groups is 1. The van der Waals surface area contributed by atoms with Crippen LogP contribution in [0.25, 0.3) is 0 Å². The number of rotatable bonds is 11. The predicted molar refractivity (Wildman–Crippen MR) is 117 cm³/mol. The summed E-state index contributed by atoms with van der Waals surface area (Å²) in [7, 11) is 1.48. The van der Waals surface area contributed by atoms with Gasteiger partial charge in [0.25, 0.3) is 0 Å². The second kappa shape index (κ2) is 10.5. The van der Waals surface area contributed by atoms with Gasteiger partial charge in [0.2, 0.25) is 11.7 Å². The van der Waals surface area contributed by atoms with E-state index < -0.39 is 23.0 Å². The minimum atomic E-state index is -0.986. The highest BCUT2D eigenvalue weighted by Crippen LogP contribution is 2.35. The molecule has 30 heavy (non-hydrogen) atoms. The highest BCUT2D eigenvalue weighted by Gasteiger charge is 2.45. The fourth-order valence-electron chi connectivity index (χ4n) is 3.21. The van der Waals surface area contributed by atoms with Crippen LogP contribution in [0.1, 0.15) is 59.3 Å². The summed E-state index contributed by atoms with van der Waals surface area (Å²) in [5.74, 6) is -0.00568. The summed E-state index contributed by atoms with van der Waals surface area (Å²) in [6.45, 7) is 10.3. The Morgan fingerprint density at radius 2 is 2.00 bits per heavy atom. The van der Waals surface area contributed by atoms with E-state index >= 15 is 0 Å². The van der Waals surface area contributed by atoms with Gasteiger partial charge < -0.3 is 23.9 Å². The van der Waals surface area contributed by atoms with E-state index in [9.17, 15) is 9.59 Å². The summed E-state index contributed by atoms with van der Waals surface area (Å²) in [5, 5.41) is 3.64. The lowest BCUT2D eigenvalue weighted by molar-refractivity contribution is -0.169. The van der Waals surface area contributed by atoms with Crippen molar-refractivity contribution in [3.05, 3.63) is 28.3 Å². The molecule has 0 saturated carbocycles. The molecule has 2 atom stereocenters. The zero-order valence-corrected chi connectivity index (χ0v) is 19.4. The maximum atomic E-state index is 13.2. The standard InChI is InChI=1S/C21H32N2O6S/c1-7-10-15(16-11-14(26-6)12-17(24)29-16)22-18(25)20(4)13-30-19(23-20)21(5,27-8-2)28-9-3/h11-12,15H,7-10,13H2,1-6H3,(H,22,25)/t15-,20+/m1/s1. The topological polar surface area (TPSA) is 99.4 Å². The Morgan fingerprint density at radius 3 is 2.57 bits per heavy atom. The molecule has 1 aliphatic heterocycles. The molecule has 0 aliphatic carbocycles. The Labute approximate surface area is 181 Å². The molecule has 0 fully saturated rings. The molecule has 1 aliphatic rings. The summed E-state index contributed by atoms with van der Waals surface area (Å²) in [6, 6.07) is 2.43. The molecular formula is C21H32N2O6S. The van der Waals surface area contributed by atoms with Crippen molar-refractivity contribution in [1.29, 1.82) is 0 Å². The summed E-state index contributed by atoms with van der Waals surface area (Å²) in [5.41, 5.74) is -1.51. The van der Waals surface area contributed by atoms with Gasteiger partial charge in [-0.25, -0.2) is 4.79 Å². The van der Waals surface area contributed by atoms with Crippen LogP contribution < -0.4 is 15.7 Å². The van der Waals surface area contributed by atoms with Crippen molar-refractivity contribution in [3.63, 3.8) is 0 Å². The van der Waals surface area contributed by atoms with Gasteiger partial charge in [-0.15, -0.1) is 11.8 Å². The van der Waals surface area contributed by atoms with Crippen LogP contribution >= 0.6 is 11.8 Å². The molecule has 2 rings (SSSR count). The number of ether oxygens (including phenoxy) is 3. The Morgan fingerprint density at radius 1 is 1.33 bits per heavy atom. The van der Waals surface area contributed by atoms with Gasteiger partial charge in [-0.1, -0.05) is 13.3 Å². The van der Waals surface area contributed by atoms with Gasteiger partial charge in [-0.2, -0.15) is 0 Å². The Kier molecular flexibility index (Phi) is 8.52. The summed E-state index contributed by atoms with van der Waals surface area (Å²) in [6.07, 6.45) is 1.40. The van der Waals surface area contributed by atoms with Crippen molar-refractivity contribution in [2.75, 3.05) is 26.1 Å². The predicted octanol–water partition coefficient (Wildman–Crippen LogP) is 3.30. The SMILES string of the molecule is CCC[C@@H](NC(=O)[C@]1(C)CSC(C(C)(OCC)OCC)=N1)c1cc(OC)cc(=O)o1. The molecule has 0 saturated heterocycles. The zero-order chi connectivity index (χ0) is 22.4. The van der Waals surface area contributed by atoms with Gasteiger partial charge in [0, 0.05) is 25.0 Å². The van der Waals surface area contributed by atoms with Crippen molar-refractivity contribution < 1.29 is 23.4 Å². The third-order valence-corrected chi connectivity index (χ3v) is 6.22. The summed E-state index contributed by atoms with van der Waals surface area (Å²) in [4.78, 5) is 29.7. The fraction of sp³-hybridized carbons (Fsp3) is 0.667. The minimum absolute atomic E-state index is 0.246. The van der Waals surface area contributed by atoms with Gasteiger partial charge in [0.05, 0.1) is 19.2 Å². The van der Waals surface area contributed by atoms with Crippen molar-refractivity contribution in [3.8, 4) is 5.75 Å². The highest BCUT2D eigenvalue weighted by molar-refractivity contribution is 8.14. The normalized spacial score (nSPS) is 20.0. The number of amides is 1. The molecule has 0 radical (unpaired) electrons. The quantitative estimate of drug-likeness (QED) is 0.527. The Bertz CT molecular complexity index is 818. The van der Waals surface area contributed by atoms with Crippen molar-refractivity contribution >= 4 is 22.7 Å². The first-order valence-corrected chi connectivity index (χ1v) is 11.2. The van der Waals surface area contributed by atoms with Crippen molar-refractivity contribution in [2.45, 2.75) is 64.8 Å². The molecule has 0 unspecified atom stereocenters. The number of methoxy groups -OCH3 is 1. The lowest BCUT2D eigenvalue weighted by Crippen LogP contribution is -2.45. The van der Waals surface area contributed by atoms with Crippen LogP contribution in [0.3, 0.4) is 0 Å². The molecular weight excluding hydrogens is 408 g/mol. The van der Waals surface area contributed by atoms with E-state index in [0.29, 0.717) is 41.9 Å². The number of nitrogens with zero attached hydrogens (tertiary/aromatic N) is 1. The van der Waals surface area contributed by atoms with Crippen LogP contribution in [0.2, 0.25) is 0 Å². The van der Waals surface area contributed by atoms with Crippen LogP contribution in [-0.4, -0.2) is 48.4 Å². The number of carbonyl (C=O) groups excluding carboxylic acids is 1. The lowest BCUT2D eigenvalue weighted by atomic mass is 10.0. The lowest BCUT2D eigenvalue weighted by Gasteiger charge is -2.28. The molecule has 1 N–H and O–H groups in total. The minimum Gasteiger partial charge on any atom is -0.496 e. The molecule has 168 valence electrons. The van der Waals surface area contributed by atoms with Crippen LogP contribution in [0.5, 0.6) is 5.75 Å². The van der Waals surface area contributed by atoms with Gasteiger partial charge in [0.15, 0.2) is 0 Å². The molecule has 1 aromatic rings. The number of hydrogen-bond donors (Lipinski definition) is 1. The zero-order valence-electron chi connectivity index (χ0n) is 18.6. The van der Waals surface area contributed by atoms with E-state index in [1.54, 1.807) is 13.0 Å². The van der Waals surface area contributed by atoms with Crippen LogP contribution in [-0.2, 0) is 14.3 Å². The van der Waals surface area contributed by atoms with E-state index in [4.69, 9.17) is 18.6 Å². The second-order valence-electron chi connectivity index (χ2n) is 7.32. The van der Waals surface area contributed by atoms with Crippen molar-refractivity contribution in [1.82, 2.24) is 5.32 Å². The van der Waals surface area contributed by atoms with E-state index in [2.05, 4.69) is 10.3 Å². The molecule has 1 aromatic heterocycles. The summed E-state index contributed by atoms with van der Waals surface area (Å²) < 4.78 is 22.1. The Hall–Kier alpha value is -1.84. The van der Waals surface area contributed by atoms with Gasteiger partial charge in [-0.05, 0) is 34.1 Å².